The Labute approximate surface area is 106 Å². The van der Waals surface area contributed by atoms with Crippen molar-refractivity contribution in [3.63, 3.8) is 0 Å². The van der Waals surface area contributed by atoms with Crippen molar-refractivity contribution in [2.75, 3.05) is 19.0 Å². The zero-order chi connectivity index (χ0) is 12.8. The maximum Gasteiger partial charge on any atom is 0.170 e. The average molecular weight is 256 g/mol. The van der Waals surface area contributed by atoms with E-state index in [-0.39, 0.29) is 5.75 Å². The summed E-state index contributed by atoms with van der Waals surface area (Å²) in [6.07, 6.45) is 0. The van der Waals surface area contributed by atoms with Gasteiger partial charge in [0.15, 0.2) is 16.7 Å². The molecular weight excluding hydrogens is 239 g/mol. The van der Waals surface area contributed by atoms with Gasteiger partial charge < -0.3 is 15.4 Å². The largest absolute Gasteiger partial charge is 0.494 e. The van der Waals surface area contributed by atoms with Crippen molar-refractivity contribution in [1.29, 1.82) is 0 Å². The van der Waals surface area contributed by atoms with Gasteiger partial charge in [0.2, 0.25) is 0 Å². The summed E-state index contributed by atoms with van der Waals surface area (Å²) in [7, 11) is 1.43. The molecule has 0 spiro atoms. The molecule has 3 nitrogen and oxygen atoms in total. The number of anilines is 1. The summed E-state index contributed by atoms with van der Waals surface area (Å²) < 4.78 is 18.2. The van der Waals surface area contributed by atoms with Crippen LogP contribution in [0.1, 0.15) is 13.8 Å². The Morgan fingerprint density at radius 2 is 2.18 bits per heavy atom. The van der Waals surface area contributed by atoms with Gasteiger partial charge in [0, 0.05) is 18.3 Å². The molecule has 17 heavy (non-hydrogen) atoms. The standard InChI is InChI=1S/C12H17FN2OS/c1-8(2)7-14-12(17)15-9-4-5-11(16-3)10(13)6-9/h4-6,8H,7H2,1-3H3,(H2,14,15,17). The van der Waals surface area contributed by atoms with Crippen molar-refractivity contribution in [3.05, 3.63) is 24.0 Å². The Bertz CT molecular complexity index is 396. The highest BCUT2D eigenvalue weighted by Gasteiger charge is 2.04. The number of nitrogens with one attached hydrogen (secondary N) is 2. The molecule has 0 heterocycles. The number of ether oxygens (including phenoxy) is 1. The van der Waals surface area contributed by atoms with Crippen LogP contribution in [0.25, 0.3) is 0 Å². The summed E-state index contributed by atoms with van der Waals surface area (Å²) in [4.78, 5) is 0. The van der Waals surface area contributed by atoms with Crippen LogP contribution in [-0.4, -0.2) is 18.8 Å². The summed E-state index contributed by atoms with van der Waals surface area (Å²) in [5, 5.41) is 6.45. The quantitative estimate of drug-likeness (QED) is 0.812. The topological polar surface area (TPSA) is 33.3 Å². The van der Waals surface area contributed by atoms with Crippen LogP contribution in [-0.2, 0) is 0 Å². The van der Waals surface area contributed by atoms with Crippen molar-refractivity contribution in [2.45, 2.75) is 13.8 Å². The third-order valence-corrected chi connectivity index (χ3v) is 2.33. The van der Waals surface area contributed by atoms with Crippen LogP contribution in [0.3, 0.4) is 0 Å². The lowest BCUT2D eigenvalue weighted by Gasteiger charge is -2.12. The predicted molar refractivity (Wildman–Crippen MR) is 72.0 cm³/mol. The second-order valence-electron chi connectivity index (χ2n) is 4.08. The van der Waals surface area contributed by atoms with Crippen molar-refractivity contribution in [1.82, 2.24) is 5.32 Å². The molecule has 1 aromatic carbocycles. The molecule has 0 aliphatic carbocycles. The molecule has 0 saturated heterocycles. The van der Waals surface area contributed by atoms with Crippen LogP contribution in [0.15, 0.2) is 18.2 Å². The van der Waals surface area contributed by atoms with Crippen LogP contribution in [0.4, 0.5) is 10.1 Å². The van der Waals surface area contributed by atoms with E-state index in [0.29, 0.717) is 16.7 Å². The minimum Gasteiger partial charge on any atom is -0.494 e. The Hall–Kier alpha value is -1.36. The number of halogens is 1. The van der Waals surface area contributed by atoms with E-state index >= 15 is 0 Å². The zero-order valence-corrected chi connectivity index (χ0v) is 11.0. The van der Waals surface area contributed by atoms with Gasteiger partial charge in [-0.3, -0.25) is 0 Å². The molecule has 0 aliphatic rings. The van der Waals surface area contributed by atoms with E-state index in [0.717, 1.165) is 6.54 Å². The number of hydrogen-bond donors (Lipinski definition) is 2. The third-order valence-electron chi connectivity index (χ3n) is 2.08. The number of thiocarbonyl (C=S) groups is 1. The maximum atomic E-state index is 13.4. The fourth-order valence-corrected chi connectivity index (χ4v) is 1.42. The van der Waals surface area contributed by atoms with Gasteiger partial charge in [0.25, 0.3) is 0 Å². The molecule has 0 radical (unpaired) electrons. The Morgan fingerprint density at radius 3 is 2.71 bits per heavy atom. The minimum absolute atomic E-state index is 0.219. The summed E-state index contributed by atoms with van der Waals surface area (Å²) in [5.41, 5.74) is 0.601. The molecule has 1 aromatic rings. The molecule has 0 saturated carbocycles. The molecule has 2 N–H and O–H groups in total. The van der Waals surface area contributed by atoms with Gasteiger partial charge in [-0.25, -0.2) is 4.39 Å². The van der Waals surface area contributed by atoms with E-state index in [1.165, 1.54) is 13.2 Å². The Kier molecular flexibility index (Phi) is 5.15. The van der Waals surface area contributed by atoms with Gasteiger partial charge >= 0.3 is 0 Å². The average Bonchev–Trinajstić information content (AvgIpc) is 2.26. The first-order valence-corrected chi connectivity index (χ1v) is 5.82. The van der Waals surface area contributed by atoms with E-state index in [2.05, 4.69) is 24.5 Å². The van der Waals surface area contributed by atoms with Gasteiger partial charge in [-0.2, -0.15) is 0 Å². The molecule has 5 heteroatoms. The summed E-state index contributed by atoms with van der Waals surface area (Å²) in [6.45, 7) is 4.95. The van der Waals surface area contributed by atoms with Gasteiger partial charge in [0.1, 0.15) is 0 Å². The monoisotopic (exact) mass is 256 g/mol. The molecule has 0 amide bonds. The van der Waals surface area contributed by atoms with Crippen LogP contribution >= 0.6 is 12.2 Å². The molecule has 0 aromatic heterocycles. The molecule has 0 atom stereocenters. The van der Waals surface area contributed by atoms with Crippen molar-refractivity contribution in [3.8, 4) is 5.75 Å². The summed E-state index contributed by atoms with van der Waals surface area (Å²) >= 11 is 5.08. The zero-order valence-electron chi connectivity index (χ0n) is 10.2. The third kappa shape index (κ3) is 4.56. The highest BCUT2D eigenvalue weighted by atomic mass is 32.1. The molecule has 0 fully saturated rings. The fourth-order valence-electron chi connectivity index (χ4n) is 1.22. The fraction of sp³-hybridized carbons (Fsp3) is 0.417. The number of hydrogen-bond acceptors (Lipinski definition) is 2. The van der Waals surface area contributed by atoms with E-state index in [4.69, 9.17) is 17.0 Å². The molecule has 0 bridgehead atoms. The summed E-state index contributed by atoms with van der Waals surface area (Å²) in [5.74, 6) is 0.308. The Balaban J connectivity index is 2.57. The van der Waals surface area contributed by atoms with Gasteiger partial charge in [-0.05, 0) is 30.3 Å². The smallest absolute Gasteiger partial charge is 0.170 e. The highest BCUT2D eigenvalue weighted by Crippen LogP contribution is 2.20. The van der Waals surface area contributed by atoms with Crippen molar-refractivity contribution >= 4 is 23.0 Å². The number of benzene rings is 1. The number of rotatable bonds is 4. The van der Waals surface area contributed by atoms with Gasteiger partial charge in [-0.15, -0.1) is 0 Å². The Morgan fingerprint density at radius 1 is 1.47 bits per heavy atom. The van der Waals surface area contributed by atoms with E-state index in [1.807, 2.05) is 0 Å². The molecule has 0 aliphatic heterocycles. The lowest BCUT2D eigenvalue weighted by atomic mass is 10.2. The van der Waals surface area contributed by atoms with Crippen LogP contribution in [0.5, 0.6) is 5.75 Å². The normalized spacial score (nSPS) is 10.2. The summed E-state index contributed by atoms with van der Waals surface area (Å²) in [6, 6.07) is 4.62. The van der Waals surface area contributed by atoms with Crippen LogP contribution in [0, 0.1) is 11.7 Å². The van der Waals surface area contributed by atoms with Crippen LogP contribution in [0.2, 0.25) is 0 Å². The molecule has 0 unspecified atom stereocenters. The lowest BCUT2D eigenvalue weighted by molar-refractivity contribution is 0.386. The number of methoxy groups -OCH3 is 1. The second kappa shape index (κ2) is 6.39. The lowest BCUT2D eigenvalue weighted by Crippen LogP contribution is -2.31. The SMILES string of the molecule is COc1ccc(NC(=S)NCC(C)C)cc1F. The van der Waals surface area contributed by atoms with Crippen LogP contribution < -0.4 is 15.4 Å². The van der Waals surface area contributed by atoms with E-state index in [1.54, 1.807) is 12.1 Å². The highest BCUT2D eigenvalue weighted by molar-refractivity contribution is 7.80. The van der Waals surface area contributed by atoms with E-state index in [9.17, 15) is 4.39 Å². The van der Waals surface area contributed by atoms with Crippen molar-refractivity contribution in [2.24, 2.45) is 5.92 Å². The first-order chi connectivity index (χ1) is 8.02. The second-order valence-corrected chi connectivity index (χ2v) is 4.49. The molecular formula is C12H17FN2OS. The predicted octanol–water partition coefficient (Wildman–Crippen LogP) is 2.78. The van der Waals surface area contributed by atoms with Crippen molar-refractivity contribution < 1.29 is 9.13 Å². The first-order valence-electron chi connectivity index (χ1n) is 5.41. The van der Waals surface area contributed by atoms with E-state index < -0.39 is 5.82 Å². The van der Waals surface area contributed by atoms with Gasteiger partial charge in [0.05, 0.1) is 7.11 Å². The molecule has 1 rings (SSSR count). The minimum atomic E-state index is -0.413. The van der Waals surface area contributed by atoms with Gasteiger partial charge in [-0.1, -0.05) is 13.8 Å². The molecule has 94 valence electrons. The maximum absolute atomic E-state index is 13.4. The first kappa shape index (κ1) is 13.7.